The van der Waals surface area contributed by atoms with Crippen LogP contribution in [0.3, 0.4) is 0 Å². The molecule has 0 radical (unpaired) electrons. The lowest BCUT2D eigenvalue weighted by Crippen LogP contribution is -2.30. The number of nitrogens with zero attached hydrogens (tertiary/aromatic N) is 2. The average Bonchev–Trinajstić information content (AvgIpc) is 2.01. The second kappa shape index (κ2) is 3.48. The van der Waals surface area contributed by atoms with E-state index in [1.165, 1.54) is 5.71 Å². The first-order valence-corrected chi connectivity index (χ1v) is 5.34. The maximum atomic E-state index is 4.69. The van der Waals surface area contributed by atoms with Gasteiger partial charge in [-0.3, -0.25) is 4.99 Å². The van der Waals surface area contributed by atoms with Gasteiger partial charge in [-0.1, -0.05) is 41.5 Å². The van der Waals surface area contributed by atoms with Crippen molar-refractivity contribution in [1.82, 2.24) is 0 Å². The van der Waals surface area contributed by atoms with Gasteiger partial charge in [0.1, 0.15) is 5.84 Å². The molecule has 0 bridgehead atoms. The van der Waals surface area contributed by atoms with Gasteiger partial charge in [0, 0.05) is 29.5 Å². The predicted molar refractivity (Wildman–Crippen MR) is 63.3 cm³/mol. The van der Waals surface area contributed by atoms with Crippen LogP contribution in [0.15, 0.2) is 9.98 Å². The van der Waals surface area contributed by atoms with Crippen molar-refractivity contribution in [2.24, 2.45) is 20.8 Å². The van der Waals surface area contributed by atoms with Gasteiger partial charge in [0.05, 0.1) is 0 Å². The zero-order valence-corrected chi connectivity index (χ0v) is 10.3. The Bertz CT molecular complexity index is 272. The highest BCUT2D eigenvalue weighted by molar-refractivity contribution is 6.03. The first-order chi connectivity index (χ1) is 6.21. The van der Waals surface area contributed by atoms with Crippen molar-refractivity contribution in [2.45, 2.75) is 48.0 Å². The van der Waals surface area contributed by atoms with Crippen molar-refractivity contribution in [3.05, 3.63) is 0 Å². The number of hydrogen-bond donors (Lipinski definition) is 0. The van der Waals surface area contributed by atoms with Crippen LogP contribution in [0.4, 0.5) is 0 Å². The summed E-state index contributed by atoms with van der Waals surface area (Å²) in [6.45, 7) is 14.1. The third-order valence-corrected chi connectivity index (χ3v) is 2.39. The molecule has 2 nitrogen and oxygen atoms in total. The van der Waals surface area contributed by atoms with Crippen molar-refractivity contribution in [3.8, 4) is 0 Å². The van der Waals surface area contributed by atoms with Crippen LogP contribution in [0, 0.1) is 10.8 Å². The summed E-state index contributed by atoms with van der Waals surface area (Å²) < 4.78 is 0. The first kappa shape index (κ1) is 11.4. The molecule has 0 aromatic heterocycles. The fraction of sp³-hybridized carbons (Fsp3) is 0.833. The lowest BCUT2D eigenvalue weighted by molar-refractivity contribution is 0.555. The molecule has 1 aliphatic heterocycles. The summed E-state index contributed by atoms with van der Waals surface area (Å²) in [4.78, 5) is 9.18. The molecule has 1 heterocycles. The van der Waals surface area contributed by atoms with E-state index in [9.17, 15) is 0 Å². The van der Waals surface area contributed by atoms with Crippen LogP contribution in [0.5, 0.6) is 0 Å². The fourth-order valence-electron chi connectivity index (χ4n) is 1.43. The van der Waals surface area contributed by atoms with Crippen molar-refractivity contribution in [3.63, 3.8) is 0 Å². The molecule has 0 fully saturated rings. The quantitative estimate of drug-likeness (QED) is 0.565. The van der Waals surface area contributed by atoms with Crippen LogP contribution in [0.1, 0.15) is 48.0 Å². The number of aliphatic imine (C=N–C) groups is 2. The maximum absolute atomic E-state index is 4.69. The molecule has 80 valence electrons. The molecule has 0 aliphatic carbocycles. The summed E-state index contributed by atoms with van der Waals surface area (Å²) in [5.74, 6) is 1.01. The molecule has 0 amide bonds. The number of hydrogen-bond acceptors (Lipinski definition) is 2. The van der Waals surface area contributed by atoms with Gasteiger partial charge in [0.15, 0.2) is 0 Å². The lowest BCUT2D eigenvalue weighted by atomic mass is 9.86. The Kier molecular flexibility index (Phi) is 2.84. The van der Waals surface area contributed by atoms with Crippen molar-refractivity contribution in [2.75, 3.05) is 6.54 Å². The number of amidine groups is 1. The van der Waals surface area contributed by atoms with Crippen LogP contribution < -0.4 is 0 Å². The summed E-state index contributed by atoms with van der Waals surface area (Å²) in [6.07, 6.45) is 1.02. The molecule has 1 rings (SSSR count). The third-order valence-electron chi connectivity index (χ3n) is 2.39. The Labute approximate surface area is 87.5 Å². The lowest BCUT2D eigenvalue weighted by Gasteiger charge is -2.28. The topological polar surface area (TPSA) is 24.7 Å². The van der Waals surface area contributed by atoms with E-state index in [0.717, 1.165) is 18.8 Å². The second-order valence-corrected chi connectivity index (χ2v) is 6.01. The standard InChI is InChI=1S/C12H22N2/c1-11(2,3)9-7-8-13-10(14-9)12(4,5)6/h7-8H2,1-6H3. The van der Waals surface area contributed by atoms with E-state index in [2.05, 4.69) is 46.5 Å². The minimum Gasteiger partial charge on any atom is -0.270 e. The molecule has 0 N–H and O–H groups in total. The largest absolute Gasteiger partial charge is 0.270 e. The van der Waals surface area contributed by atoms with Gasteiger partial charge in [-0.2, -0.15) is 0 Å². The second-order valence-electron chi connectivity index (χ2n) is 6.01. The van der Waals surface area contributed by atoms with Crippen molar-refractivity contribution >= 4 is 11.5 Å². The van der Waals surface area contributed by atoms with Gasteiger partial charge in [0.25, 0.3) is 0 Å². The smallest absolute Gasteiger partial charge is 0.128 e. The molecular weight excluding hydrogens is 172 g/mol. The van der Waals surface area contributed by atoms with E-state index < -0.39 is 0 Å². The molecule has 1 aliphatic rings. The third kappa shape index (κ3) is 2.66. The van der Waals surface area contributed by atoms with Crippen LogP contribution in [-0.2, 0) is 0 Å². The molecule has 2 heteroatoms. The molecular formula is C12H22N2. The van der Waals surface area contributed by atoms with Crippen LogP contribution >= 0.6 is 0 Å². The molecule has 0 saturated heterocycles. The molecule has 0 saturated carbocycles. The summed E-state index contributed by atoms with van der Waals surface area (Å²) in [5, 5.41) is 0. The fourth-order valence-corrected chi connectivity index (χ4v) is 1.43. The Morgan fingerprint density at radius 3 is 1.93 bits per heavy atom. The molecule has 0 aromatic carbocycles. The minimum atomic E-state index is 0.0803. The minimum absolute atomic E-state index is 0.0803. The Morgan fingerprint density at radius 1 is 0.929 bits per heavy atom. The van der Waals surface area contributed by atoms with Gasteiger partial charge < -0.3 is 0 Å². The van der Waals surface area contributed by atoms with Gasteiger partial charge in [-0.05, 0) is 0 Å². The Morgan fingerprint density at radius 2 is 1.50 bits per heavy atom. The SMILES string of the molecule is CC(C)(C)C1=NC(C(C)(C)C)=NCC1. The molecule has 0 aromatic rings. The zero-order valence-electron chi connectivity index (χ0n) is 10.3. The normalized spacial score (nSPS) is 19.0. The Hall–Kier alpha value is -0.660. The summed E-state index contributed by atoms with van der Waals surface area (Å²) in [7, 11) is 0. The molecule has 0 spiro atoms. The van der Waals surface area contributed by atoms with E-state index in [1.54, 1.807) is 0 Å². The van der Waals surface area contributed by atoms with Gasteiger partial charge in [-0.25, -0.2) is 4.99 Å². The highest BCUT2D eigenvalue weighted by Crippen LogP contribution is 2.25. The first-order valence-electron chi connectivity index (χ1n) is 5.34. The van der Waals surface area contributed by atoms with Crippen LogP contribution in [0.25, 0.3) is 0 Å². The van der Waals surface area contributed by atoms with Crippen molar-refractivity contribution < 1.29 is 0 Å². The Balaban J connectivity index is 2.95. The van der Waals surface area contributed by atoms with Crippen LogP contribution in [-0.4, -0.2) is 18.1 Å². The van der Waals surface area contributed by atoms with Crippen LogP contribution in [0.2, 0.25) is 0 Å². The van der Waals surface area contributed by atoms with Gasteiger partial charge >= 0.3 is 0 Å². The zero-order chi connectivity index (χ0) is 11.0. The van der Waals surface area contributed by atoms with E-state index in [4.69, 9.17) is 4.99 Å². The number of rotatable bonds is 0. The monoisotopic (exact) mass is 194 g/mol. The van der Waals surface area contributed by atoms with Crippen molar-refractivity contribution in [1.29, 1.82) is 0 Å². The highest BCUT2D eigenvalue weighted by atomic mass is 15.0. The van der Waals surface area contributed by atoms with Gasteiger partial charge in [-0.15, -0.1) is 0 Å². The maximum Gasteiger partial charge on any atom is 0.128 e. The van der Waals surface area contributed by atoms with E-state index in [-0.39, 0.29) is 10.8 Å². The summed E-state index contributed by atoms with van der Waals surface area (Å²) in [5.41, 5.74) is 1.56. The van der Waals surface area contributed by atoms with Gasteiger partial charge in [0.2, 0.25) is 0 Å². The molecule has 0 unspecified atom stereocenters. The van der Waals surface area contributed by atoms with E-state index >= 15 is 0 Å². The summed E-state index contributed by atoms with van der Waals surface area (Å²) in [6, 6.07) is 0. The van der Waals surface area contributed by atoms with E-state index in [0.29, 0.717) is 0 Å². The summed E-state index contributed by atoms with van der Waals surface area (Å²) >= 11 is 0. The predicted octanol–water partition coefficient (Wildman–Crippen LogP) is 3.32. The average molecular weight is 194 g/mol. The van der Waals surface area contributed by atoms with E-state index in [1.807, 2.05) is 0 Å². The molecule has 0 atom stereocenters. The highest BCUT2D eigenvalue weighted by Gasteiger charge is 2.26. The molecule has 14 heavy (non-hydrogen) atoms.